The van der Waals surface area contributed by atoms with E-state index >= 15 is 0 Å². The molecule has 0 bridgehead atoms. The van der Waals surface area contributed by atoms with Crippen LogP contribution in [0.5, 0.6) is 5.75 Å². The second kappa shape index (κ2) is 13.1. The van der Waals surface area contributed by atoms with Crippen molar-refractivity contribution in [1.82, 2.24) is 5.32 Å². The lowest BCUT2D eigenvalue weighted by Crippen LogP contribution is -2.61. The second-order valence-electron chi connectivity index (χ2n) is 17.4. The van der Waals surface area contributed by atoms with Gasteiger partial charge in [-0.3, -0.25) is 10.1 Å². The van der Waals surface area contributed by atoms with Crippen molar-refractivity contribution in [2.75, 3.05) is 5.32 Å². The summed E-state index contributed by atoms with van der Waals surface area (Å²) >= 11 is 0. The highest BCUT2D eigenvalue weighted by Crippen LogP contribution is 2.68. The minimum atomic E-state index is -0.625. The van der Waals surface area contributed by atoms with Crippen molar-refractivity contribution in [3.8, 4) is 5.75 Å². The quantitative estimate of drug-likeness (QED) is 0.269. The van der Waals surface area contributed by atoms with Gasteiger partial charge in [0.1, 0.15) is 11.4 Å². The molecular formula is C39H62N2O4. The molecule has 0 radical (unpaired) electrons. The smallest absolute Gasteiger partial charge is 0.412 e. The molecule has 5 rings (SSSR count). The molecule has 6 heteroatoms. The fourth-order valence-electron chi connectivity index (χ4n) is 11.1. The number of anilines is 1. The van der Waals surface area contributed by atoms with Crippen LogP contribution in [0.3, 0.4) is 0 Å². The van der Waals surface area contributed by atoms with E-state index in [1.54, 1.807) is 32.9 Å². The Kier molecular flexibility index (Phi) is 9.93. The minimum absolute atomic E-state index is 0.0763. The molecule has 3 N–H and O–H groups in total. The highest BCUT2D eigenvalue weighted by Gasteiger charge is 2.62. The summed E-state index contributed by atoms with van der Waals surface area (Å²) in [5, 5.41) is 17.0. The van der Waals surface area contributed by atoms with Crippen molar-refractivity contribution < 1.29 is 19.4 Å². The fourth-order valence-corrected chi connectivity index (χ4v) is 11.1. The summed E-state index contributed by atoms with van der Waals surface area (Å²) in [5.41, 5.74) is 0.555. The number of phenolic OH excluding ortho intramolecular Hbond substituents is 1. The van der Waals surface area contributed by atoms with Crippen LogP contribution in [0.4, 0.5) is 10.5 Å². The minimum Gasteiger partial charge on any atom is -0.507 e. The largest absolute Gasteiger partial charge is 0.507 e. The lowest BCUT2D eigenvalue weighted by Gasteiger charge is -2.63. The average molecular weight is 623 g/mol. The fraction of sp³-hybridized carbons (Fsp3) is 0.795. The molecule has 0 aromatic heterocycles. The Morgan fingerprint density at radius 1 is 0.978 bits per heavy atom. The molecule has 1 unspecified atom stereocenters. The van der Waals surface area contributed by atoms with E-state index in [0.29, 0.717) is 22.9 Å². The van der Waals surface area contributed by atoms with Gasteiger partial charge in [0.2, 0.25) is 0 Å². The molecule has 1 aromatic rings. The third-order valence-corrected chi connectivity index (χ3v) is 13.2. The highest BCUT2D eigenvalue weighted by molar-refractivity contribution is 5.98. The molecule has 0 aliphatic heterocycles. The highest BCUT2D eigenvalue weighted by atomic mass is 16.6. The monoisotopic (exact) mass is 622 g/mol. The first-order chi connectivity index (χ1) is 21.1. The summed E-state index contributed by atoms with van der Waals surface area (Å²) in [6.07, 6.45) is 14.9. The Balaban J connectivity index is 1.29. The molecule has 2 amide bonds. The van der Waals surface area contributed by atoms with Crippen LogP contribution in [-0.4, -0.2) is 28.7 Å². The number of ether oxygens (including phenoxy) is 1. The first-order valence-corrected chi connectivity index (χ1v) is 18.3. The zero-order valence-electron chi connectivity index (χ0n) is 29.5. The van der Waals surface area contributed by atoms with Gasteiger partial charge in [0.05, 0.1) is 5.56 Å². The molecule has 4 aliphatic carbocycles. The number of phenols is 1. The Morgan fingerprint density at radius 2 is 1.73 bits per heavy atom. The third-order valence-electron chi connectivity index (χ3n) is 13.2. The van der Waals surface area contributed by atoms with Crippen LogP contribution in [0.15, 0.2) is 18.2 Å². The van der Waals surface area contributed by atoms with E-state index in [2.05, 4.69) is 45.3 Å². The maximum atomic E-state index is 13.7. The molecule has 1 aromatic carbocycles. The number of carbonyl (C=O) groups is 2. The second-order valence-corrected chi connectivity index (χ2v) is 17.4. The normalized spacial score (nSPS) is 35.1. The Bertz CT molecular complexity index is 1220. The summed E-state index contributed by atoms with van der Waals surface area (Å²) in [4.78, 5) is 25.9. The molecule has 4 aliphatic rings. The third kappa shape index (κ3) is 6.91. The maximum Gasteiger partial charge on any atom is 0.412 e. The number of benzene rings is 1. The lowest BCUT2D eigenvalue weighted by atomic mass is 9.43. The molecule has 9 atom stereocenters. The summed E-state index contributed by atoms with van der Waals surface area (Å²) in [6.45, 7) is 17.8. The predicted octanol–water partition coefficient (Wildman–Crippen LogP) is 9.96. The molecule has 0 spiro atoms. The molecule has 0 saturated heterocycles. The first-order valence-electron chi connectivity index (χ1n) is 18.3. The number of carbonyl (C=O) groups excluding carboxylic acids is 2. The summed E-state index contributed by atoms with van der Waals surface area (Å²) in [5.74, 6) is 4.94. The van der Waals surface area contributed by atoms with Crippen molar-refractivity contribution in [1.29, 1.82) is 0 Å². The summed E-state index contributed by atoms with van der Waals surface area (Å²) < 4.78 is 5.33. The zero-order valence-corrected chi connectivity index (χ0v) is 29.5. The average Bonchev–Trinajstić information content (AvgIpc) is 3.29. The van der Waals surface area contributed by atoms with Crippen LogP contribution < -0.4 is 10.6 Å². The van der Waals surface area contributed by atoms with Gasteiger partial charge in [-0.15, -0.1) is 0 Å². The number of amides is 2. The van der Waals surface area contributed by atoms with Crippen LogP contribution in [0.2, 0.25) is 0 Å². The molecule has 252 valence electrons. The lowest BCUT2D eigenvalue weighted by molar-refractivity contribution is -0.126. The van der Waals surface area contributed by atoms with Crippen LogP contribution in [0, 0.1) is 52.3 Å². The number of rotatable bonds is 8. The first kappa shape index (κ1) is 34.1. The van der Waals surface area contributed by atoms with E-state index in [4.69, 9.17) is 4.74 Å². The molecule has 45 heavy (non-hydrogen) atoms. The molecule has 4 fully saturated rings. The van der Waals surface area contributed by atoms with Gasteiger partial charge in [0.25, 0.3) is 5.91 Å². The van der Waals surface area contributed by atoms with E-state index in [9.17, 15) is 14.7 Å². The SMILES string of the molecule is CC(C)CCC[C@H](C)[C@@H]1CC[C@H]2[C@H]3CC[C@H]4CCCC(NC(=O)c5ccc(NC(=O)OC(C)(C)C)cc5O)[C@]4(C)[C@H]3CC[C@@]21C. The molecule has 6 nitrogen and oxygen atoms in total. The van der Waals surface area contributed by atoms with Gasteiger partial charge in [0.15, 0.2) is 0 Å². The van der Waals surface area contributed by atoms with Crippen LogP contribution in [-0.2, 0) is 4.74 Å². The van der Waals surface area contributed by atoms with Gasteiger partial charge >= 0.3 is 6.09 Å². The van der Waals surface area contributed by atoms with E-state index in [0.717, 1.165) is 42.4 Å². The molecule has 4 saturated carbocycles. The van der Waals surface area contributed by atoms with Crippen molar-refractivity contribution in [3.63, 3.8) is 0 Å². The van der Waals surface area contributed by atoms with Gasteiger partial charge in [0, 0.05) is 17.8 Å². The topological polar surface area (TPSA) is 87.7 Å². The van der Waals surface area contributed by atoms with E-state index in [-0.39, 0.29) is 28.7 Å². The number of aromatic hydroxyl groups is 1. The van der Waals surface area contributed by atoms with Crippen LogP contribution >= 0.6 is 0 Å². The standard InChI is InChI=1S/C39H62N2O4/c1-24(2)11-9-12-25(3)30-19-20-31-28-17-15-26-13-10-14-34(39(26,8)32(28)21-22-38(30,31)7)41-35(43)29-18-16-27(23-33(29)42)40-36(44)45-37(4,5)6/h16,18,23-26,28,30-32,34,42H,9-15,17,19-22H2,1-8H3,(H,40,44)(H,41,43)/t25-,26+,28+,30-,31-,32-,34?,38+,39-/m0/s1. The molecule has 0 heterocycles. The Labute approximate surface area is 273 Å². The Hall–Kier alpha value is -2.24. The van der Waals surface area contributed by atoms with Crippen molar-refractivity contribution in [2.24, 2.45) is 52.3 Å². The maximum absolute atomic E-state index is 13.7. The van der Waals surface area contributed by atoms with Crippen molar-refractivity contribution in [2.45, 2.75) is 144 Å². The molecular weight excluding hydrogens is 560 g/mol. The zero-order chi connectivity index (χ0) is 32.7. The van der Waals surface area contributed by atoms with Crippen molar-refractivity contribution >= 4 is 17.7 Å². The summed E-state index contributed by atoms with van der Waals surface area (Å²) in [7, 11) is 0. The number of hydrogen-bond donors (Lipinski definition) is 3. The predicted molar refractivity (Wildman–Crippen MR) is 182 cm³/mol. The van der Waals surface area contributed by atoms with Gasteiger partial charge < -0.3 is 15.2 Å². The van der Waals surface area contributed by atoms with Crippen molar-refractivity contribution in [3.05, 3.63) is 23.8 Å². The van der Waals surface area contributed by atoms with Gasteiger partial charge in [-0.2, -0.15) is 0 Å². The number of nitrogens with one attached hydrogen (secondary N) is 2. The Morgan fingerprint density at radius 3 is 2.42 bits per heavy atom. The van der Waals surface area contributed by atoms with Crippen LogP contribution in [0.25, 0.3) is 0 Å². The van der Waals surface area contributed by atoms with E-state index < -0.39 is 11.7 Å². The number of fused-ring (bicyclic) bond motifs is 5. The summed E-state index contributed by atoms with van der Waals surface area (Å²) in [6, 6.07) is 4.80. The number of hydrogen-bond acceptors (Lipinski definition) is 4. The van der Waals surface area contributed by atoms with E-state index in [1.807, 2.05) is 0 Å². The van der Waals surface area contributed by atoms with Gasteiger partial charge in [-0.25, -0.2) is 4.79 Å². The van der Waals surface area contributed by atoms with Gasteiger partial charge in [-0.05, 0) is 137 Å². The van der Waals surface area contributed by atoms with Crippen LogP contribution in [0.1, 0.15) is 143 Å². The van der Waals surface area contributed by atoms with E-state index in [1.165, 1.54) is 70.3 Å². The van der Waals surface area contributed by atoms with Gasteiger partial charge in [-0.1, -0.05) is 60.3 Å².